The van der Waals surface area contributed by atoms with E-state index in [4.69, 9.17) is 0 Å². The van der Waals surface area contributed by atoms with Crippen LogP contribution in [-0.4, -0.2) is 46.3 Å². The third-order valence-corrected chi connectivity index (χ3v) is 5.35. The van der Waals surface area contributed by atoms with Gasteiger partial charge in [-0.3, -0.25) is 14.6 Å². The molecule has 2 aromatic heterocycles. The minimum atomic E-state index is -0.0968. The fourth-order valence-electron chi connectivity index (χ4n) is 2.94. The first-order valence-corrected chi connectivity index (χ1v) is 9.45. The highest BCUT2D eigenvalue weighted by Crippen LogP contribution is 2.23. The van der Waals surface area contributed by atoms with Crippen LogP contribution in [0.25, 0.3) is 10.6 Å². The van der Waals surface area contributed by atoms with Gasteiger partial charge in [0.05, 0.1) is 11.6 Å². The summed E-state index contributed by atoms with van der Waals surface area (Å²) in [6.07, 6.45) is 5.32. The molecule has 0 saturated carbocycles. The minimum absolute atomic E-state index is 0.0375. The maximum atomic E-state index is 12.3. The predicted molar refractivity (Wildman–Crippen MR) is 97.0 cm³/mol. The van der Waals surface area contributed by atoms with Gasteiger partial charge in [-0.1, -0.05) is 0 Å². The first-order chi connectivity index (χ1) is 12.2. The number of rotatable bonds is 6. The quantitative estimate of drug-likeness (QED) is 0.858. The summed E-state index contributed by atoms with van der Waals surface area (Å²) in [6.45, 7) is 3.71. The highest BCUT2D eigenvalue weighted by Gasteiger charge is 2.29. The van der Waals surface area contributed by atoms with E-state index in [-0.39, 0.29) is 17.7 Å². The number of hydrogen-bond acceptors (Lipinski definition) is 5. The number of carbonyl (C=O) groups is 2. The molecule has 7 heteroatoms. The molecule has 0 aromatic carbocycles. The topological polar surface area (TPSA) is 75.2 Å². The van der Waals surface area contributed by atoms with Crippen molar-refractivity contribution < 1.29 is 9.59 Å². The maximum Gasteiger partial charge on any atom is 0.224 e. The first-order valence-electron chi connectivity index (χ1n) is 8.57. The van der Waals surface area contributed by atoms with Gasteiger partial charge in [-0.05, 0) is 25.5 Å². The van der Waals surface area contributed by atoms with Crippen molar-refractivity contribution in [1.29, 1.82) is 0 Å². The lowest BCUT2D eigenvalue weighted by molar-refractivity contribution is -0.138. The van der Waals surface area contributed by atoms with E-state index in [1.165, 1.54) is 0 Å². The molecule has 0 spiro atoms. The van der Waals surface area contributed by atoms with Crippen LogP contribution in [0.15, 0.2) is 29.9 Å². The second-order valence-electron chi connectivity index (χ2n) is 6.09. The molecule has 25 heavy (non-hydrogen) atoms. The van der Waals surface area contributed by atoms with Crippen molar-refractivity contribution in [1.82, 2.24) is 20.2 Å². The van der Waals surface area contributed by atoms with Gasteiger partial charge in [0.25, 0.3) is 0 Å². The molecule has 1 aliphatic heterocycles. The Morgan fingerprint density at radius 2 is 2.20 bits per heavy atom. The molecule has 1 fully saturated rings. The van der Waals surface area contributed by atoms with Crippen molar-refractivity contribution in [2.75, 3.05) is 19.6 Å². The van der Waals surface area contributed by atoms with Crippen LogP contribution in [0.2, 0.25) is 0 Å². The first kappa shape index (κ1) is 17.5. The van der Waals surface area contributed by atoms with E-state index in [0.29, 0.717) is 38.9 Å². The molecular weight excluding hydrogens is 336 g/mol. The number of thiazole rings is 1. The molecule has 0 radical (unpaired) electrons. The average molecular weight is 358 g/mol. The number of pyridine rings is 1. The van der Waals surface area contributed by atoms with E-state index in [2.05, 4.69) is 15.3 Å². The molecule has 132 valence electrons. The summed E-state index contributed by atoms with van der Waals surface area (Å²) in [6, 6.07) is 3.88. The zero-order valence-corrected chi connectivity index (χ0v) is 15.1. The molecule has 2 aromatic rings. The normalized spacial score (nSPS) is 17.6. The van der Waals surface area contributed by atoms with E-state index in [1.807, 2.05) is 24.4 Å². The Morgan fingerprint density at radius 1 is 1.40 bits per heavy atom. The zero-order chi connectivity index (χ0) is 17.6. The van der Waals surface area contributed by atoms with Crippen molar-refractivity contribution in [2.24, 2.45) is 5.92 Å². The lowest BCUT2D eigenvalue weighted by atomic mass is 9.96. The van der Waals surface area contributed by atoms with Crippen molar-refractivity contribution in [3.05, 3.63) is 35.6 Å². The van der Waals surface area contributed by atoms with Gasteiger partial charge in [-0.25, -0.2) is 4.98 Å². The second-order valence-corrected chi connectivity index (χ2v) is 6.95. The van der Waals surface area contributed by atoms with Crippen LogP contribution in [-0.2, 0) is 16.0 Å². The summed E-state index contributed by atoms with van der Waals surface area (Å²) in [5, 5.41) is 5.98. The molecule has 3 heterocycles. The van der Waals surface area contributed by atoms with E-state index >= 15 is 0 Å². The van der Waals surface area contributed by atoms with Crippen LogP contribution >= 0.6 is 11.3 Å². The van der Waals surface area contributed by atoms with E-state index in [1.54, 1.807) is 28.6 Å². The number of likely N-dealkylation sites (tertiary alicyclic amines) is 1. The van der Waals surface area contributed by atoms with E-state index < -0.39 is 0 Å². The Morgan fingerprint density at radius 3 is 2.96 bits per heavy atom. The standard InChI is InChI=1S/C18H22N4O2S/c1-2-22-11-14(3-4-16(22)23)17(24)20-10-7-15-12-25-18(21-15)13-5-8-19-9-6-13/h5-6,8-9,12,14H,2-4,7,10-11H2,1H3,(H,20,24)/t14-/m1/s1. The molecule has 1 N–H and O–H groups in total. The third-order valence-electron chi connectivity index (χ3n) is 4.41. The number of hydrogen-bond donors (Lipinski definition) is 1. The van der Waals surface area contributed by atoms with E-state index in [0.717, 1.165) is 16.3 Å². The van der Waals surface area contributed by atoms with Crippen molar-refractivity contribution in [3.8, 4) is 10.6 Å². The zero-order valence-electron chi connectivity index (χ0n) is 14.3. The summed E-state index contributed by atoms with van der Waals surface area (Å²) in [7, 11) is 0. The molecule has 3 rings (SSSR count). The maximum absolute atomic E-state index is 12.3. The smallest absolute Gasteiger partial charge is 0.224 e. The fourth-order valence-corrected chi connectivity index (χ4v) is 3.80. The van der Waals surface area contributed by atoms with Crippen LogP contribution in [0.4, 0.5) is 0 Å². The van der Waals surface area contributed by atoms with Gasteiger partial charge in [0.2, 0.25) is 11.8 Å². The summed E-state index contributed by atoms with van der Waals surface area (Å²) in [4.78, 5) is 34.4. The van der Waals surface area contributed by atoms with Crippen LogP contribution in [0.3, 0.4) is 0 Å². The number of nitrogens with zero attached hydrogens (tertiary/aromatic N) is 3. The summed E-state index contributed by atoms with van der Waals surface area (Å²) < 4.78 is 0. The van der Waals surface area contributed by atoms with Gasteiger partial charge in [-0.2, -0.15) is 0 Å². The van der Waals surface area contributed by atoms with Crippen molar-refractivity contribution in [3.63, 3.8) is 0 Å². The molecule has 2 amide bonds. The highest BCUT2D eigenvalue weighted by molar-refractivity contribution is 7.13. The Balaban J connectivity index is 1.47. The summed E-state index contributed by atoms with van der Waals surface area (Å²) >= 11 is 1.60. The number of carbonyl (C=O) groups excluding carboxylic acids is 2. The summed E-state index contributed by atoms with van der Waals surface area (Å²) in [5.41, 5.74) is 2.04. The van der Waals surface area contributed by atoms with Gasteiger partial charge in [0, 0.05) is 55.8 Å². The molecule has 0 unspecified atom stereocenters. The lowest BCUT2D eigenvalue weighted by Gasteiger charge is -2.30. The molecule has 1 aliphatic rings. The Kier molecular flexibility index (Phi) is 5.75. The monoisotopic (exact) mass is 358 g/mol. The van der Waals surface area contributed by atoms with Crippen LogP contribution in [0.1, 0.15) is 25.5 Å². The average Bonchev–Trinajstić information content (AvgIpc) is 3.11. The van der Waals surface area contributed by atoms with Gasteiger partial charge in [0.15, 0.2) is 0 Å². The highest BCUT2D eigenvalue weighted by atomic mass is 32.1. The summed E-state index contributed by atoms with van der Waals surface area (Å²) in [5.74, 6) is 0.0914. The third kappa shape index (κ3) is 4.42. The van der Waals surface area contributed by atoms with Crippen molar-refractivity contribution >= 4 is 23.2 Å². The van der Waals surface area contributed by atoms with E-state index in [9.17, 15) is 9.59 Å². The molecule has 0 bridgehead atoms. The van der Waals surface area contributed by atoms with Crippen LogP contribution in [0.5, 0.6) is 0 Å². The van der Waals surface area contributed by atoms with Crippen molar-refractivity contribution in [2.45, 2.75) is 26.2 Å². The number of nitrogens with one attached hydrogen (secondary N) is 1. The predicted octanol–water partition coefficient (Wildman–Crippen LogP) is 2.12. The molecule has 0 aliphatic carbocycles. The minimum Gasteiger partial charge on any atom is -0.355 e. The molecule has 1 atom stereocenters. The van der Waals surface area contributed by atoms with Gasteiger partial charge in [0.1, 0.15) is 5.01 Å². The molecular formula is C18H22N4O2S. The lowest BCUT2D eigenvalue weighted by Crippen LogP contribution is -2.45. The second kappa shape index (κ2) is 8.20. The SMILES string of the molecule is CCN1C[C@H](C(=O)NCCc2csc(-c3ccncc3)n2)CCC1=O. The Bertz CT molecular complexity index is 732. The van der Waals surface area contributed by atoms with Gasteiger partial charge in [-0.15, -0.1) is 11.3 Å². The van der Waals surface area contributed by atoms with Crippen LogP contribution in [0, 0.1) is 5.92 Å². The Hall–Kier alpha value is -2.28. The van der Waals surface area contributed by atoms with Gasteiger partial charge >= 0.3 is 0 Å². The molecule has 6 nitrogen and oxygen atoms in total. The van der Waals surface area contributed by atoms with Gasteiger partial charge < -0.3 is 10.2 Å². The number of amides is 2. The largest absolute Gasteiger partial charge is 0.355 e. The fraction of sp³-hybridized carbons (Fsp3) is 0.444. The van der Waals surface area contributed by atoms with Crippen LogP contribution < -0.4 is 5.32 Å². The number of piperidine rings is 1. The number of aromatic nitrogens is 2. The Labute approximate surface area is 151 Å². The molecule has 1 saturated heterocycles.